The van der Waals surface area contributed by atoms with Gasteiger partial charge in [0.15, 0.2) is 0 Å². The minimum absolute atomic E-state index is 0.276. The lowest BCUT2D eigenvalue weighted by Crippen LogP contribution is -2.29. The summed E-state index contributed by atoms with van der Waals surface area (Å²) in [5, 5.41) is 113. The van der Waals surface area contributed by atoms with Gasteiger partial charge in [-0.1, -0.05) is 416 Å². The second-order valence-electron chi connectivity index (χ2n) is 41.7. The van der Waals surface area contributed by atoms with Gasteiger partial charge in [-0.2, -0.15) is 0 Å². The van der Waals surface area contributed by atoms with E-state index >= 15 is 0 Å². The van der Waals surface area contributed by atoms with E-state index in [4.69, 9.17) is 5.73 Å². The van der Waals surface area contributed by atoms with Crippen molar-refractivity contribution in [3.05, 3.63) is 247 Å². The maximum atomic E-state index is 14.0. The Morgan fingerprint density at radius 1 is 0.275 bits per heavy atom. The van der Waals surface area contributed by atoms with Crippen molar-refractivity contribution in [2.45, 2.75) is 510 Å². The molecule has 0 amide bonds. The van der Waals surface area contributed by atoms with Crippen molar-refractivity contribution in [3.63, 3.8) is 0 Å². The standard InChI is InChI=1S/2C19H32O2.C19H30O.C18H30FNO2.C17H28O2.C17H26O.C16H26O/c2*1-4-8-18(20)17-10-7-9-16(15-17)11-14-19(21,12-5-2)13-6-3;1-2-8-19(20)18-12-7-11-17(15-18)14-13-16-9-5-3-4-6-10-16;1-3-9-18(22,10-4-2)11-7-14-13-15(5-6-16(14)19)17(21)8-12-20;1-4-8-16(18)15-10-7-9-14(13-15)11-12-17(19,5-2)6-3;1-2-6-17(18)16-10-5-9-15(13-16)12-11-14-7-3-4-8-14;1-4-7-16(17)15-11-6-10-14(12-15)9-5-8-13(2)3/h2*7,9-10,15,18,20-21H,4-6,8,11-14H2,1-3H3;7,11-12,15-16,19-20H,2-6,8-10,13-14H2,1H3;5-6,13,17,21-22H,3-4,7-12,20H2,1-2H3;7,9-10,13,16,18-19H,4-6,8,11-12H2,1-3H3;5,9-10,13-14,17-18H,2-4,6-8,11-12H2,1H3;6,10-13,16-17H,4-5,7-9H2,1-3H3. The summed E-state index contributed by atoms with van der Waals surface area (Å²) in [7, 11) is 0. The van der Waals surface area contributed by atoms with Crippen LogP contribution in [0.5, 0.6) is 0 Å². The zero-order chi connectivity index (χ0) is 102. The lowest BCUT2D eigenvalue weighted by molar-refractivity contribution is 0.0126. The third-order valence-electron chi connectivity index (χ3n) is 28.8. The Bertz CT molecular complexity index is 4050. The van der Waals surface area contributed by atoms with Gasteiger partial charge in [-0.3, -0.25) is 0 Å². The van der Waals surface area contributed by atoms with E-state index in [1.54, 1.807) is 12.1 Å². The summed E-state index contributed by atoms with van der Waals surface area (Å²) < 4.78 is 14.0. The molecular weight excluding hydrogens is 1710 g/mol. The molecule has 0 bridgehead atoms. The SMILES string of the molecule is CCCC(O)(CCC)CCc1cc(C(O)CCN)ccc1F.CCCC(O)c1cccc(CCC(O)(CC)CC)c1.CCCC(O)c1cccc(CCC(O)(CCC)CCC)c1.CCCC(O)c1cccc(CCC(O)(CCC)CCC)c1.CCCC(O)c1cccc(CCC2CCCC2)c1.CCCC(O)c1cccc(CCC2CCCCCC2)c1.CCCC(O)c1cccc(CCCC(C)C)c1. The van der Waals surface area contributed by atoms with Crippen LogP contribution in [0.1, 0.15) is 520 Å². The summed E-state index contributed by atoms with van der Waals surface area (Å²) >= 11 is 0. The molecule has 2 aliphatic carbocycles. The third kappa shape index (κ3) is 53.0. The number of hydrogen-bond donors (Lipinski definition) is 12. The number of benzene rings is 7. The van der Waals surface area contributed by atoms with Gasteiger partial charge in [0.25, 0.3) is 0 Å². The molecule has 138 heavy (non-hydrogen) atoms. The summed E-state index contributed by atoms with van der Waals surface area (Å²) in [6.07, 6.45) is 50.4. The van der Waals surface area contributed by atoms with Gasteiger partial charge in [0, 0.05) is 0 Å². The molecule has 0 radical (unpaired) electrons. The van der Waals surface area contributed by atoms with Crippen molar-refractivity contribution < 1.29 is 60.6 Å². The van der Waals surface area contributed by atoms with E-state index < -0.39 is 28.5 Å². The Morgan fingerprint density at radius 3 is 0.783 bits per heavy atom. The number of aryl methyl sites for hydroxylation is 7. The molecule has 2 saturated carbocycles. The largest absolute Gasteiger partial charge is 0.390 e. The molecule has 0 saturated heterocycles. The highest BCUT2D eigenvalue weighted by molar-refractivity contribution is 5.32. The predicted octanol–water partition coefficient (Wildman–Crippen LogP) is 31.6. The van der Waals surface area contributed by atoms with Gasteiger partial charge >= 0.3 is 0 Å². The fourth-order valence-electron chi connectivity index (χ4n) is 20.1. The molecule has 12 nitrogen and oxygen atoms in total. The minimum Gasteiger partial charge on any atom is -0.390 e. The fraction of sp³-hybridized carbons (Fsp3) is 0.664. The predicted molar refractivity (Wildman–Crippen MR) is 584 cm³/mol. The molecule has 7 aromatic rings. The Labute approximate surface area is 842 Å². The Hall–Kier alpha value is -6.01. The lowest BCUT2D eigenvalue weighted by Gasteiger charge is -2.27. The summed E-state index contributed by atoms with van der Waals surface area (Å²) in [4.78, 5) is 0. The van der Waals surface area contributed by atoms with Crippen LogP contribution in [0, 0.1) is 23.6 Å². The molecule has 13 heteroatoms. The number of rotatable bonds is 57. The molecule has 0 aliphatic heterocycles. The summed E-state index contributed by atoms with van der Waals surface area (Å²) in [5.74, 6) is 2.39. The third-order valence-corrected chi connectivity index (χ3v) is 28.8. The van der Waals surface area contributed by atoms with Crippen molar-refractivity contribution in [1.29, 1.82) is 0 Å². The van der Waals surface area contributed by atoms with Crippen LogP contribution in [-0.2, 0) is 44.9 Å². The summed E-state index contributed by atoms with van der Waals surface area (Å²) in [5.41, 5.74) is 18.5. The van der Waals surface area contributed by atoms with Crippen molar-refractivity contribution in [2.24, 2.45) is 23.5 Å². The Kier molecular flexibility index (Phi) is 67.6. The van der Waals surface area contributed by atoms with E-state index in [9.17, 15) is 60.6 Å². The second-order valence-corrected chi connectivity index (χ2v) is 41.7. The zero-order valence-corrected chi connectivity index (χ0v) is 90.2. The van der Waals surface area contributed by atoms with Gasteiger partial charge in [0.05, 0.1) is 65.1 Å². The highest BCUT2D eigenvalue weighted by Crippen LogP contribution is 2.36. The molecule has 13 N–H and O–H groups in total. The first-order valence-electron chi connectivity index (χ1n) is 56.0. The van der Waals surface area contributed by atoms with Gasteiger partial charge in [0.1, 0.15) is 5.82 Å². The van der Waals surface area contributed by atoms with Crippen molar-refractivity contribution in [3.8, 4) is 0 Å². The number of hydrogen-bond acceptors (Lipinski definition) is 12. The van der Waals surface area contributed by atoms with E-state index in [1.165, 1.54) is 142 Å². The second kappa shape index (κ2) is 74.0. The topological polar surface area (TPSA) is 249 Å². The molecule has 0 heterocycles. The average Bonchev–Trinajstić information content (AvgIpc) is 0.910. The molecular formula is C125H204FNO11. The van der Waals surface area contributed by atoms with E-state index in [1.807, 2.05) is 70.2 Å². The van der Waals surface area contributed by atoms with E-state index in [0.717, 1.165) is 263 Å². The monoisotopic (exact) mass is 1910 g/mol. The lowest BCUT2D eigenvalue weighted by atomic mass is 9.86. The van der Waals surface area contributed by atoms with Crippen LogP contribution in [0.3, 0.4) is 0 Å². The number of nitrogens with two attached hydrogens (primary N) is 1. The minimum atomic E-state index is -0.720. The molecule has 782 valence electrons. The molecule has 0 aromatic heterocycles. The van der Waals surface area contributed by atoms with Gasteiger partial charge in [0.2, 0.25) is 0 Å². The number of halogens is 1. The molecule has 9 rings (SSSR count). The Balaban J connectivity index is 0.000000415. The summed E-state index contributed by atoms with van der Waals surface area (Å²) in [6, 6.07) is 54.8. The first kappa shape index (κ1) is 126. The van der Waals surface area contributed by atoms with E-state index in [0.29, 0.717) is 36.9 Å². The van der Waals surface area contributed by atoms with Crippen LogP contribution >= 0.6 is 0 Å². The maximum absolute atomic E-state index is 14.0. The van der Waals surface area contributed by atoms with Crippen LogP contribution in [-0.4, -0.2) is 85.1 Å². The first-order valence-corrected chi connectivity index (χ1v) is 56.0. The number of aliphatic hydroxyl groups is 11. The molecule has 2 aliphatic rings. The molecule has 2 fully saturated rings. The van der Waals surface area contributed by atoms with Gasteiger partial charge < -0.3 is 61.9 Å². The molecule has 7 unspecified atom stereocenters. The van der Waals surface area contributed by atoms with E-state index in [-0.39, 0.29) is 42.4 Å². The zero-order valence-electron chi connectivity index (χ0n) is 90.2. The fourth-order valence-corrected chi connectivity index (χ4v) is 20.1. The van der Waals surface area contributed by atoms with Crippen LogP contribution in [0.25, 0.3) is 0 Å². The van der Waals surface area contributed by atoms with Crippen LogP contribution < -0.4 is 5.73 Å². The van der Waals surface area contributed by atoms with Crippen molar-refractivity contribution in [1.82, 2.24) is 0 Å². The smallest absolute Gasteiger partial charge is 0.126 e. The van der Waals surface area contributed by atoms with Crippen LogP contribution in [0.15, 0.2) is 164 Å². The highest BCUT2D eigenvalue weighted by atomic mass is 19.1. The normalized spacial score (nSPS) is 14.7. The highest BCUT2D eigenvalue weighted by Gasteiger charge is 2.29. The average molecular weight is 1920 g/mol. The van der Waals surface area contributed by atoms with Crippen molar-refractivity contribution in [2.75, 3.05) is 6.54 Å². The Morgan fingerprint density at radius 2 is 0.522 bits per heavy atom. The first-order chi connectivity index (χ1) is 66.3. The molecule has 7 aromatic carbocycles. The van der Waals surface area contributed by atoms with Crippen LogP contribution in [0.4, 0.5) is 4.39 Å². The quantitative estimate of drug-likeness (QED) is 0.0159. The molecule has 7 atom stereocenters. The van der Waals surface area contributed by atoms with Gasteiger partial charge in [-0.05, 0) is 294 Å². The van der Waals surface area contributed by atoms with E-state index in [2.05, 4.69) is 186 Å². The maximum Gasteiger partial charge on any atom is 0.126 e. The van der Waals surface area contributed by atoms with Gasteiger partial charge in [-0.15, -0.1) is 0 Å². The molecule has 0 spiro atoms. The summed E-state index contributed by atoms with van der Waals surface area (Å²) in [6.45, 7) is 34.2. The van der Waals surface area contributed by atoms with Gasteiger partial charge in [-0.25, -0.2) is 4.39 Å². The van der Waals surface area contributed by atoms with Crippen LogP contribution in [0.2, 0.25) is 0 Å². The van der Waals surface area contributed by atoms with Crippen molar-refractivity contribution >= 4 is 0 Å². The number of aliphatic hydroxyl groups excluding tert-OH is 7.